The second-order valence-electron chi connectivity index (χ2n) is 4.32. The normalized spacial score (nSPS) is 28.0. The average Bonchev–Trinajstić information content (AvgIpc) is 2.82. The van der Waals surface area contributed by atoms with Crippen LogP contribution in [0.4, 0.5) is 0 Å². The first-order valence-electron chi connectivity index (χ1n) is 5.93. The summed E-state index contributed by atoms with van der Waals surface area (Å²) in [7, 11) is -0.920. The summed E-state index contributed by atoms with van der Waals surface area (Å²) in [4.78, 5) is 17.9. The van der Waals surface area contributed by atoms with Crippen molar-refractivity contribution in [2.45, 2.75) is 24.7 Å². The van der Waals surface area contributed by atoms with Crippen molar-refractivity contribution in [1.82, 2.24) is 0 Å². The van der Waals surface area contributed by atoms with Gasteiger partial charge in [0, 0.05) is 13.5 Å². The average molecular weight is 284 g/mol. The van der Waals surface area contributed by atoms with Gasteiger partial charge in [-0.1, -0.05) is 30.3 Å². The number of benzene rings is 1. The summed E-state index contributed by atoms with van der Waals surface area (Å²) in [5.74, 6) is 0. The largest absolute Gasteiger partial charge is 0.503 e. The van der Waals surface area contributed by atoms with E-state index in [1.54, 1.807) is 7.11 Å². The summed E-state index contributed by atoms with van der Waals surface area (Å²) in [6, 6.07) is 9.73. The Bertz CT molecular complexity index is 434. The Morgan fingerprint density at radius 3 is 2.63 bits per heavy atom. The first-order chi connectivity index (χ1) is 9.11. The molecular weight excluding hydrogens is 267 g/mol. The Hall–Kier alpha value is -0.970. The zero-order valence-corrected chi connectivity index (χ0v) is 11.4. The standard InChI is InChI=1S/C13H17O5P/c1-17-11-7-10(9-5-3-2-4-6-9)18-12(11)8-13(14)19(15)16/h2-6,8,10-12,14-16H,7H2,1H3/b13-8+/t10?,11-,12?/m0/s1. The van der Waals surface area contributed by atoms with Crippen LogP contribution in [0.1, 0.15) is 18.1 Å². The second-order valence-corrected chi connectivity index (χ2v) is 5.36. The van der Waals surface area contributed by atoms with E-state index in [1.807, 2.05) is 30.3 Å². The number of rotatable bonds is 4. The Morgan fingerprint density at radius 1 is 1.37 bits per heavy atom. The van der Waals surface area contributed by atoms with Crippen molar-refractivity contribution in [2.75, 3.05) is 7.11 Å². The molecule has 0 radical (unpaired) electrons. The lowest BCUT2D eigenvalue weighted by molar-refractivity contribution is 0.0206. The van der Waals surface area contributed by atoms with Gasteiger partial charge in [0.25, 0.3) is 0 Å². The van der Waals surface area contributed by atoms with E-state index in [0.29, 0.717) is 6.42 Å². The molecule has 3 atom stereocenters. The first-order valence-corrected chi connectivity index (χ1v) is 7.18. The zero-order chi connectivity index (χ0) is 13.8. The highest BCUT2D eigenvalue weighted by Crippen LogP contribution is 2.38. The van der Waals surface area contributed by atoms with Gasteiger partial charge in [0.2, 0.25) is 8.38 Å². The van der Waals surface area contributed by atoms with Gasteiger partial charge in [-0.05, 0) is 11.6 Å². The summed E-state index contributed by atoms with van der Waals surface area (Å²) >= 11 is 0. The summed E-state index contributed by atoms with van der Waals surface area (Å²) in [6.07, 6.45) is 1.14. The molecule has 0 spiro atoms. The lowest BCUT2D eigenvalue weighted by Gasteiger charge is -2.14. The van der Waals surface area contributed by atoms with E-state index in [9.17, 15) is 5.11 Å². The molecule has 2 unspecified atom stereocenters. The highest BCUT2D eigenvalue weighted by atomic mass is 31.2. The molecule has 1 aromatic carbocycles. The van der Waals surface area contributed by atoms with Gasteiger partial charge in [-0.25, -0.2) is 0 Å². The van der Waals surface area contributed by atoms with Gasteiger partial charge in [0.15, 0.2) is 5.50 Å². The number of hydrogen-bond acceptors (Lipinski definition) is 5. The second kappa shape index (κ2) is 6.46. The maximum absolute atomic E-state index is 9.41. The van der Waals surface area contributed by atoms with Crippen molar-refractivity contribution < 1.29 is 24.4 Å². The Kier molecular flexibility index (Phi) is 4.91. The molecule has 1 aliphatic rings. The molecule has 1 aromatic rings. The summed E-state index contributed by atoms with van der Waals surface area (Å²) < 4.78 is 11.1. The van der Waals surface area contributed by atoms with Crippen molar-refractivity contribution in [3.8, 4) is 0 Å². The molecule has 1 fully saturated rings. The van der Waals surface area contributed by atoms with Gasteiger partial charge in [-0.2, -0.15) is 0 Å². The van der Waals surface area contributed by atoms with E-state index in [1.165, 1.54) is 6.08 Å². The third-order valence-corrected chi connectivity index (χ3v) is 3.69. The molecule has 1 aliphatic heterocycles. The molecule has 2 rings (SSSR count). The Morgan fingerprint density at radius 2 is 2.05 bits per heavy atom. The molecule has 0 aliphatic carbocycles. The molecular formula is C13H17O5P. The van der Waals surface area contributed by atoms with Crippen LogP contribution in [-0.4, -0.2) is 34.2 Å². The SMILES string of the molecule is CO[C@H]1CC(c2ccccc2)OC1/C=C(\O)P(O)O. The molecule has 0 saturated carbocycles. The number of ether oxygens (including phenoxy) is 2. The topological polar surface area (TPSA) is 79.2 Å². The van der Waals surface area contributed by atoms with Crippen LogP contribution in [0, 0.1) is 0 Å². The van der Waals surface area contributed by atoms with Gasteiger partial charge < -0.3 is 24.4 Å². The van der Waals surface area contributed by atoms with Crippen molar-refractivity contribution >= 4 is 8.38 Å². The van der Waals surface area contributed by atoms with E-state index < -0.39 is 20.0 Å². The van der Waals surface area contributed by atoms with Crippen LogP contribution in [0.2, 0.25) is 0 Å². The Labute approximate surface area is 113 Å². The molecule has 0 aromatic heterocycles. The smallest absolute Gasteiger partial charge is 0.236 e. The van der Waals surface area contributed by atoms with Gasteiger partial charge in [0.1, 0.15) is 6.10 Å². The fourth-order valence-electron chi connectivity index (χ4n) is 2.15. The fraction of sp³-hybridized carbons (Fsp3) is 0.385. The quantitative estimate of drug-likeness (QED) is 0.583. The van der Waals surface area contributed by atoms with Crippen molar-refractivity contribution in [3.05, 3.63) is 47.5 Å². The fourth-order valence-corrected chi connectivity index (χ4v) is 2.43. The van der Waals surface area contributed by atoms with Crippen LogP contribution >= 0.6 is 8.38 Å². The molecule has 104 valence electrons. The summed E-state index contributed by atoms with van der Waals surface area (Å²) in [6.45, 7) is 0. The van der Waals surface area contributed by atoms with Crippen LogP contribution in [0.5, 0.6) is 0 Å². The zero-order valence-electron chi connectivity index (χ0n) is 10.5. The molecule has 19 heavy (non-hydrogen) atoms. The van der Waals surface area contributed by atoms with E-state index in [4.69, 9.17) is 19.3 Å². The van der Waals surface area contributed by atoms with Crippen molar-refractivity contribution in [2.24, 2.45) is 0 Å². The third-order valence-electron chi connectivity index (χ3n) is 3.13. The molecule has 1 saturated heterocycles. The van der Waals surface area contributed by atoms with Gasteiger partial charge >= 0.3 is 0 Å². The Balaban J connectivity index is 2.12. The van der Waals surface area contributed by atoms with Crippen molar-refractivity contribution in [1.29, 1.82) is 0 Å². The summed E-state index contributed by atoms with van der Waals surface area (Å²) in [5, 5.41) is 9.41. The van der Waals surface area contributed by atoms with Crippen LogP contribution in [0.15, 0.2) is 41.9 Å². The van der Waals surface area contributed by atoms with Crippen LogP contribution in [-0.2, 0) is 9.47 Å². The lowest BCUT2D eigenvalue weighted by atomic mass is 10.0. The molecule has 0 bridgehead atoms. The lowest BCUT2D eigenvalue weighted by Crippen LogP contribution is -2.21. The number of hydrogen-bond donors (Lipinski definition) is 3. The summed E-state index contributed by atoms with van der Waals surface area (Å²) in [5.41, 5.74) is 0.575. The molecule has 0 amide bonds. The van der Waals surface area contributed by atoms with E-state index in [0.717, 1.165) is 5.56 Å². The highest BCUT2D eigenvalue weighted by molar-refractivity contribution is 7.49. The van der Waals surface area contributed by atoms with Gasteiger partial charge in [0.05, 0.1) is 12.2 Å². The predicted octanol–water partition coefficient (Wildman–Crippen LogP) is 2.23. The number of aliphatic hydroxyl groups excluding tert-OH is 1. The van der Waals surface area contributed by atoms with E-state index in [2.05, 4.69) is 0 Å². The van der Waals surface area contributed by atoms with Gasteiger partial charge in [-0.3, -0.25) is 0 Å². The third kappa shape index (κ3) is 3.53. The minimum absolute atomic E-state index is 0.121. The van der Waals surface area contributed by atoms with Crippen LogP contribution in [0.25, 0.3) is 0 Å². The van der Waals surface area contributed by atoms with Crippen LogP contribution in [0.3, 0.4) is 0 Å². The van der Waals surface area contributed by atoms with E-state index >= 15 is 0 Å². The molecule has 1 heterocycles. The highest BCUT2D eigenvalue weighted by Gasteiger charge is 2.35. The first kappa shape index (κ1) is 14.4. The van der Waals surface area contributed by atoms with Crippen LogP contribution < -0.4 is 0 Å². The molecule has 5 nitrogen and oxygen atoms in total. The maximum atomic E-state index is 9.41. The van der Waals surface area contributed by atoms with Gasteiger partial charge in [-0.15, -0.1) is 0 Å². The molecule has 6 heteroatoms. The van der Waals surface area contributed by atoms with Crippen molar-refractivity contribution in [3.63, 3.8) is 0 Å². The predicted molar refractivity (Wildman–Crippen MR) is 71.5 cm³/mol. The van der Waals surface area contributed by atoms with E-state index in [-0.39, 0.29) is 12.2 Å². The number of methoxy groups -OCH3 is 1. The monoisotopic (exact) mass is 284 g/mol. The number of aliphatic hydroxyl groups is 1. The minimum Gasteiger partial charge on any atom is -0.503 e. The minimum atomic E-state index is -2.49. The maximum Gasteiger partial charge on any atom is 0.236 e. The molecule has 3 N–H and O–H groups in total.